The number of carbonyl (C=O) groups excluding carboxylic acids is 1. The lowest BCUT2D eigenvalue weighted by Crippen LogP contribution is -2.47. The van der Waals surface area contributed by atoms with Crippen molar-refractivity contribution in [3.8, 4) is 0 Å². The van der Waals surface area contributed by atoms with Gasteiger partial charge < -0.3 is 16.6 Å². The van der Waals surface area contributed by atoms with Crippen LogP contribution in [0.2, 0.25) is 5.02 Å². The smallest absolute Gasteiger partial charge is 0.243 e. The summed E-state index contributed by atoms with van der Waals surface area (Å²) in [5.41, 5.74) is 12.7. The van der Waals surface area contributed by atoms with E-state index in [0.717, 1.165) is 5.56 Å². The molecule has 0 spiro atoms. The number of aliphatic hydroxyl groups is 1. The number of primary amides is 1. The Labute approximate surface area is 208 Å². The largest absolute Gasteiger partial charge is 0.397 e. The van der Waals surface area contributed by atoms with E-state index in [9.17, 15) is 18.3 Å². The Hall–Kier alpha value is -2.13. The lowest BCUT2D eigenvalue weighted by atomic mass is 9.76. The summed E-state index contributed by atoms with van der Waals surface area (Å²) in [4.78, 5) is 12.4. The minimum absolute atomic E-state index is 0.00262. The molecule has 34 heavy (non-hydrogen) atoms. The molecule has 9 heteroatoms. The van der Waals surface area contributed by atoms with E-state index in [0.29, 0.717) is 6.42 Å². The molecular weight excluding hydrogens is 474 g/mol. The topological polar surface area (TPSA) is 127 Å². The van der Waals surface area contributed by atoms with Crippen LogP contribution in [0, 0.1) is 23.7 Å². The van der Waals surface area contributed by atoms with Gasteiger partial charge in [-0.3, -0.25) is 4.79 Å². The number of hydrogen-bond acceptors (Lipinski definition) is 5. The predicted molar refractivity (Wildman–Crippen MR) is 137 cm³/mol. The Morgan fingerprint density at radius 2 is 1.68 bits per heavy atom. The van der Waals surface area contributed by atoms with Crippen LogP contribution in [0.4, 0.5) is 5.69 Å². The first-order chi connectivity index (χ1) is 15.8. The molecule has 2 aromatic rings. The lowest BCUT2D eigenvalue weighted by Gasteiger charge is -2.35. The molecule has 0 aliphatic heterocycles. The molecule has 2 aromatic carbocycles. The average Bonchev–Trinajstić information content (AvgIpc) is 2.74. The van der Waals surface area contributed by atoms with E-state index in [4.69, 9.17) is 23.1 Å². The van der Waals surface area contributed by atoms with E-state index in [-0.39, 0.29) is 40.5 Å². The van der Waals surface area contributed by atoms with E-state index >= 15 is 0 Å². The second-order valence-corrected chi connectivity index (χ2v) is 11.8. The van der Waals surface area contributed by atoms with Gasteiger partial charge in [0.15, 0.2) is 0 Å². The minimum atomic E-state index is -3.98. The fraction of sp³-hybridized carbons (Fsp3) is 0.480. The van der Waals surface area contributed by atoms with Gasteiger partial charge in [-0.15, -0.1) is 0 Å². The molecule has 0 aliphatic rings. The molecule has 0 fully saturated rings. The molecular formula is C25H36ClN3O4S. The molecule has 0 aliphatic carbocycles. The van der Waals surface area contributed by atoms with Gasteiger partial charge in [0, 0.05) is 24.9 Å². The summed E-state index contributed by atoms with van der Waals surface area (Å²) < 4.78 is 28.3. The van der Waals surface area contributed by atoms with Gasteiger partial charge in [-0.25, -0.2) is 8.42 Å². The van der Waals surface area contributed by atoms with Crippen LogP contribution in [0.25, 0.3) is 0 Å². The number of carbonyl (C=O) groups is 1. The third-order valence-electron chi connectivity index (χ3n) is 5.88. The van der Waals surface area contributed by atoms with Crippen LogP contribution in [0.3, 0.4) is 0 Å². The molecule has 0 aromatic heterocycles. The van der Waals surface area contributed by atoms with E-state index in [1.807, 2.05) is 58.0 Å². The molecule has 7 nitrogen and oxygen atoms in total. The van der Waals surface area contributed by atoms with E-state index < -0.39 is 33.9 Å². The summed E-state index contributed by atoms with van der Waals surface area (Å²) >= 11 is 5.97. The number of nitrogens with two attached hydrogens (primary N) is 2. The van der Waals surface area contributed by atoms with Crippen molar-refractivity contribution in [3.05, 3.63) is 59.1 Å². The van der Waals surface area contributed by atoms with Crippen molar-refractivity contribution in [1.82, 2.24) is 4.31 Å². The highest BCUT2D eigenvalue weighted by Gasteiger charge is 2.37. The normalized spacial score (nSPS) is 15.0. The van der Waals surface area contributed by atoms with Crippen LogP contribution in [-0.2, 0) is 21.2 Å². The van der Waals surface area contributed by atoms with Crippen LogP contribution in [0.1, 0.15) is 33.3 Å². The maximum absolute atomic E-state index is 13.5. The highest BCUT2D eigenvalue weighted by molar-refractivity contribution is 7.89. The highest BCUT2D eigenvalue weighted by Crippen LogP contribution is 2.30. The number of aliphatic hydroxyl groups excluding tert-OH is 1. The van der Waals surface area contributed by atoms with Gasteiger partial charge in [0.1, 0.15) is 0 Å². The standard InChI is InChI=1S/C25H36ClN3O4S/c1-16(2)14-29(34(32,33)19-10-11-21(26)22(27)13-19)15-23(30)20(24(17(3)4)25(28)31)12-18-8-6-5-7-9-18/h5-11,13,16-17,20,23-24,30H,12,14-15,27H2,1-4H3,(H2,28,31)/t20-,23+,24?/m1/s1. The third kappa shape index (κ3) is 7.18. The van der Waals surface area contributed by atoms with Gasteiger partial charge in [0.05, 0.1) is 21.7 Å². The summed E-state index contributed by atoms with van der Waals surface area (Å²) in [6, 6.07) is 13.6. The zero-order valence-corrected chi connectivity index (χ0v) is 21.8. The molecule has 0 saturated carbocycles. The quantitative estimate of drug-likeness (QED) is 0.377. The maximum atomic E-state index is 13.5. The van der Waals surface area contributed by atoms with Gasteiger partial charge >= 0.3 is 0 Å². The van der Waals surface area contributed by atoms with Crippen molar-refractivity contribution in [3.63, 3.8) is 0 Å². The number of nitrogen functional groups attached to an aromatic ring is 1. The van der Waals surface area contributed by atoms with Crippen molar-refractivity contribution in [1.29, 1.82) is 0 Å². The van der Waals surface area contributed by atoms with Gasteiger partial charge in [-0.05, 0) is 42.0 Å². The molecule has 0 bridgehead atoms. The number of rotatable bonds is 12. The lowest BCUT2D eigenvalue weighted by molar-refractivity contribution is -0.127. The molecule has 1 amide bonds. The fourth-order valence-electron chi connectivity index (χ4n) is 4.28. The Bertz CT molecular complexity index is 1060. The Kier molecular flexibility index (Phi) is 9.94. The molecule has 0 heterocycles. The van der Waals surface area contributed by atoms with Crippen molar-refractivity contribution >= 4 is 33.2 Å². The molecule has 1 unspecified atom stereocenters. The van der Waals surface area contributed by atoms with Crippen LogP contribution in [-0.4, -0.2) is 42.9 Å². The van der Waals surface area contributed by atoms with E-state index in [2.05, 4.69) is 0 Å². The number of anilines is 1. The SMILES string of the molecule is CC(C)CN(C[C@H](O)[C@@H](Cc1ccccc1)C(C(N)=O)C(C)C)S(=O)(=O)c1ccc(Cl)c(N)c1. The molecule has 5 N–H and O–H groups in total. The molecule has 0 radical (unpaired) electrons. The minimum Gasteiger partial charge on any atom is -0.397 e. The first-order valence-corrected chi connectivity index (χ1v) is 13.2. The Balaban J connectivity index is 2.44. The Morgan fingerprint density at radius 1 is 1.06 bits per heavy atom. The summed E-state index contributed by atoms with van der Waals surface area (Å²) in [6.45, 7) is 7.54. The summed E-state index contributed by atoms with van der Waals surface area (Å²) in [5, 5.41) is 11.6. The third-order valence-corrected chi connectivity index (χ3v) is 8.05. The molecule has 0 saturated heterocycles. The number of benzene rings is 2. The molecule has 188 valence electrons. The summed E-state index contributed by atoms with van der Waals surface area (Å²) in [5.74, 6) is -1.85. The van der Waals surface area contributed by atoms with Crippen molar-refractivity contribution in [2.75, 3.05) is 18.8 Å². The number of halogens is 1. The number of sulfonamides is 1. The van der Waals surface area contributed by atoms with E-state index in [1.54, 1.807) is 0 Å². The zero-order valence-electron chi connectivity index (χ0n) is 20.2. The van der Waals surface area contributed by atoms with Crippen LogP contribution < -0.4 is 11.5 Å². The zero-order chi connectivity index (χ0) is 25.6. The monoisotopic (exact) mass is 509 g/mol. The van der Waals surface area contributed by atoms with Crippen molar-refractivity contribution in [2.45, 2.75) is 45.1 Å². The number of nitrogens with zero attached hydrogens (tertiary/aromatic N) is 1. The van der Waals surface area contributed by atoms with Gasteiger partial charge in [-0.1, -0.05) is 69.6 Å². The highest BCUT2D eigenvalue weighted by atomic mass is 35.5. The second-order valence-electron chi connectivity index (χ2n) is 9.49. The predicted octanol–water partition coefficient (Wildman–Crippen LogP) is 3.55. The molecule has 3 atom stereocenters. The number of amides is 1. The summed E-state index contributed by atoms with van der Waals surface area (Å²) in [6.07, 6.45) is -0.740. The van der Waals surface area contributed by atoms with Gasteiger partial charge in [0.2, 0.25) is 15.9 Å². The first kappa shape index (κ1) is 28.1. The van der Waals surface area contributed by atoms with Gasteiger partial charge in [0.25, 0.3) is 0 Å². The van der Waals surface area contributed by atoms with Crippen LogP contribution >= 0.6 is 11.6 Å². The van der Waals surface area contributed by atoms with Crippen molar-refractivity contribution in [2.24, 2.45) is 29.4 Å². The fourth-order valence-corrected chi connectivity index (χ4v) is 6.05. The summed E-state index contributed by atoms with van der Waals surface area (Å²) in [7, 11) is -3.98. The second kappa shape index (κ2) is 12.0. The van der Waals surface area contributed by atoms with Crippen LogP contribution in [0.15, 0.2) is 53.4 Å². The van der Waals surface area contributed by atoms with Gasteiger partial charge in [-0.2, -0.15) is 4.31 Å². The van der Waals surface area contributed by atoms with Crippen LogP contribution in [0.5, 0.6) is 0 Å². The Morgan fingerprint density at radius 3 is 2.18 bits per heavy atom. The number of hydrogen-bond donors (Lipinski definition) is 3. The molecule has 2 rings (SSSR count). The first-order valence-electron chi connectivity index (χ1n) is 11.4. The maximum Gasteiger partial charge on any atom is 0.243 e. The van der Waals surface area contributed by atoms with Crippen molar-refractivity contribution < 1.29 is 18.3 Å². The van der Waals surface area contributed by atoms with E-state index in [1.165, 1.54) is 22.5 Å². The average molecular weight is 510 g/mol.